The van der Waals surface area contributed by atoms with E-state index in [1.165, 1.54) is 11.1 Å². The minimum Gasteiger partial charge on any atom is -0.308 e. The van der Waals surface area contributed by atoms with E-state index in [0.29, 0.717) is 0 Å². The minimum absolute atomic E-state index is 0.121. The van der Waals surface area contributed by atoms with Gasteiger partial charge in [-0.1, -0.05) is 23.7 Å². The Hall–Kier alpha value is -1.32. The minimum atomic E-state index is 0.121. The van der Waals surface area contributed by atoms with Gasteiger partial charge in [0.25, 0.3) is 0 Å². The zero-order chi connectivity index (χ0) is 15.8. The van der Waals surface area contributed by atoms with E-state index in [1.807, 2.05) is 18.5 Å². The number of hydrogen-bond acceptors (Lipinski definition) is 2. The molecule has 0 atom stereocenters. The van der Waals surface area contributed by atoms with E-state index in [0.717, 1.165) is 28.6 Å². The van der Waals surface area contributed by atoms with Gasteiger partial charge in [-0.25, -0.2) is 4.68 Å². The lowest BCUT2D eigenvalue weighted by atomic mass is 10.1. The molecule has 114 valence electrons. The van der Waals surface area contributed by atoms with Crippen LogP contribution in [-0.4, -0.2) is 15.3 Å². The maximum Gasteiger partial charge on any atom is 0.0848 e. The number of benzene rings is 1. The molecule has 2 aromatic rings. The van der Waals surface area contributed by atoms with Crippen LogP contribution in [0.1, 0.15) is 43.3 Å². The standard InChI is InChI=1S/C17H24ClN3/c1-11-9-14(10-19-17(4,5)6)7-8-15(11)21-13(3)16(18)12(2)20-21/h7-9,19H,10H2,1-6H3. The lowest BCUT2D eigenvalue weighted by Gasteiger charge is -2.21. The molecule has 0 amide bonds. The van der Waals surface area contributed by atoms with Crippen LogP contribution in [0, 0.1) is 20.8 Å². The second-order valence-electron chi connectivity index (χ2n) is 6.62. The molecule has 0 unspecified atom stereocenters. The number of aromatic nitrogens is 2. The Labute approximate surface area is 132 Å². The summed E-state index contributed by atoms with van der Waals surface area (Å²) >= 11 is 6.24. The van der Waals surface area contributed by atoms with Crippen LogP contribution in [0.15, 0.2) is 18.2 Å². The van der Waals surface area contributed by atoms with Gasteiger partial charge in [-0.05, 0) is 58.7 Å². The first-order valence-corrected chi connectivity index (χ1v) is 7.63. The van der Waals surface area contributed by atoms with E-state index < -0.39 is 0 Å². The average Bonchev–Trinajstić information content (AvgIpc) is 2.63. The van der Waals surface area contributed by atoms with E-state index in [2.05, 4.69) is 56.3 Å². The lowest BCUT2D eigenvalue weighted by molar-refractivity contribution is 0.424. The van der Waals surface area contributed by atoms with Gasteiger partial charge in [0.2, 0.25) is 0 Å². The fraction of sp³-hybridized carbons (Fsp3) is 0.471. The van der Waals surface area contributed by atoms with E-state index >= 15 is 0 Å². The fourth-order valence-electron chi connectivity index (χ4n) is 2.29. The first-order valence-electron chi connectivity index (χ1n) is 7.25. The quantitative estimate of drug-likeness (QED) is 0.914. The first-order chi connectivity index (χ1) is 9.69. The molecule has 3 nitrogen and oxygen atoms in total. The number of hydrogen-bond donors (Lipinski definition) is 1. The van der Waals surface area contributed by atoms with Crippen LogP contribution in [0.2, 0.25) is 5.02 Å². The van der Waals surface area contributed by atoms with Crippen molar-refractivity contribution in [1.29, 1.82) is 0 Å². The summed E-state index contributed by atoms with van der Waals surface area (Å²) in [4.78, 5) is 0. The summed E-state index contributed by atoms with van der Waals surface area (Å²) in [5.41, 5.74) is 5.53. The van der Waals surface area contributed by atoms with Crippen molar-refractivity contribution in [2.24, 2.45) is 0 Å². The topological polar surface area (TPSA) is 29.9 Å². The molecule has 1 aromatic heterocycles. The molecule has 1 N–H and O–H groups in total. The summed E-state index contributed by atoms with van der Waals surface area (Å²) in [5.74, 6) is 0. The largest absolute Gasteiger partial charge is 0.308 e. The van der Waals surface area contributed by atoms with Crippen LogP contribution in [0.5, 0.6) is 0 Å². The Kier molecular flexibility index (Phi) is 4.45. The molecule has 0 aliphatic rings. The van der Waals surface area contributed by atoms with Crippen molar-refractivity contribution in [1.82, 2.24) is 15.1 Å². The van der Waals surface area contributed by atoms with Crippen molar-refractivity contribution in [3.8, 4) is 5.69 Å². The Balaban J connectivity index is 2.29. The van der Waals surface area contributed by atoms with Crippen LogP contribution in [-0.2, 0) is 6.54 Å². The Morgan fingerprint density at radius 3 is 2.33 bits per heavy atom. The van der Waals surface area contributed by atoms with Crippen LogP contribution in [0.4, 0.5) is 0 Å². The molecule has 0 saturated carbocycles. The molecule has 0 saturated heterocycles. The summed E-state index contributed by atoms with van der Waals surface area (Å²) in [6, 6.07) is 6.47. The van der Waals surface area contributed by atoms with Crippen molar-refractivity contribution >= 4 is 11.6 Å². The molecule has 0 aliphatic heterocycles. The summed E-state index contributed by atoms with van der Waals surface area (Å²) < 4.78 is 1.92. The third kappa shape index (κ3) is 3.66. The van der Waals surface area contributed by atoms with Crippen LogP contribution < -0.4 is 5.32 Å². The van der Waals surface area contributed by atoms with Crippen LogP contribution in [0.3, 0.4) is 0 Å². The van der Waals surface area contributed by atoms with Crippen molar-refractivity contribution in [2.75, 3.05) is 0 Å². The monoisotopic (exact) mass is 305 g/mol. The van der Waals surface area contributed by atoms with E-state index in [-0.39, 0.29) is 5.54 Å². The van der Waals surface area contributed by atoms with Gasteiger partial charge in [0.15, 0.2) is 0 Å². The molecule has 4 heteroatoms. The number of aryl methyl sites for hydroxylation is 2. The van der Waals surface area contributed by atoms with Gasteiger partial charge < -0.3 is 5.32 Å². The van der Waals surface area contributed by atoms with E-state index in [4.69, 9.17) is 11.6 Å². The van der Waals surface area contributed by atoms with Gasteiger partial charge in [-0.3, -0.25) is 0 Å². The molecular weight excluding hydrogens is 282 g/mol. The zero-order valence-electron chi connectivity index (χ0n) is 13.7. The predicted octanol–water partition coefficient (Wildman–Crippen LogP) is 4.34. The van der Waals surface area contributed by atoms with Crippen LogP contribution in [0.25, 0.3) is 5.69 Å². The summed E-state index contributed by atoms with van der Waals surface area (Å²) in [6.07, 6.45) is 0. The van der Waals surface area contributed by atoms with E-state index in [1.54, 1.807) is 0 Å². The second-order valence-corrected chi connectivity index (χ2v) is 7.00. The molecule has 1 aromatic carbocycles. The SMILES string of the molecule is Cc1cc(CNC(C)(C)C)ccc1-n1nc(C)c(Cl)c1C. The van der Waals surface area contributed by atoms with Crippen molar-refractivity contribution in [3.63, 3.8) is 0 Å². The van der Waals surface area contributed by atoms with E-state index in [9.17, 15) is 0 Å². The van der Waals surface area contributed by atoms with Gasteiger partial charge in [0, 0.05) is 12.1 Å². The van der Waals surface area contributed by atoms with Crippen molar-refractivity contribution in [2.45, 2.75) is 53.6 Å². The van der Waals surface area contributed by atoms with Gasteiger partial charge >= 0.3 is 0 Å². The highest BCUT2D eigenvalue weighted by molar-refractivity contribution is 6.31. The normalized spacial score (nSPS) is 12.0. The highest BCUT2D eigenvalue weighted by atomic mass is 35.5. The first kappa shape index (κ1) is 16.1. The second kappa shape index (κ2) is 5.82. The molecule has 0 aliphatic carbocycles. The number of rotatable bonds is 3. The third-order valence-electron chi connectivity index (χ3n) is 3.52. The molecular formula is C17H24ClN3. The molecule has 21 heavy (non-hydrogen) atoms. The highest BCUT2D eigenvalue weighted by Crippen LogP contribution is 2.24. The van der Waals surface area contributed by atoms with Gasteiger partial charge in [-0.2, -0.15) is 5.10 Å². The number of halogens is 1. The molecule has 1 heterocycles. The molecule has 2 rings (SSSR count). The van der Waals surface area contributed by atoms with Gasteiger partial charge in [-0.15, -0.1) is 0 Å². The van der Waals surface area contributed by atoms with Crippen molar-refractivity contribution in [3.05, 3.63) is 45.7 Å². The summed E-state index contributed by atoms with van der Waals surface area (Å²) in [5, 5.41) is 8.77. The molecule has 0 fully saturated rings. The molecule has 0 radical (unpaired) electrons. The number of nitrogens with zero attached hydrogens (tertiary/aromatic N) is 2. The predicted molar refractivity (Wildman–Crippen MR) is 89.4 cm³/mol. The lowest BCUT2D eigenvalue weighted by Crippen LogP contribution is -2.35. The van der Waals surface area contributed by atoms with Crippen molar-refractivity contribution < 1.29 is 0 Å². The molecule has 0 spiro atoms. The maximum atomic E-state index is 6.24. The smallest absolute Gasteiger partial charge is 0.0848 e. The fourth-order valence-corrected chi connectivity index (χ4v) is 2.41. The summed E-state index contributed by atoms with van der Waals surface area (Å²) in [7, 11) is 0. The summed E-state index contributed by atoms with van der Waals surface area (Å²) in [6.45, 7) is 13.4. The Morgan fingerprint density at radius 1 is 1.19 bits per heavy atom. The van der Waals surface area contributed by atoms with Gasteiger partial charge in [0.1, 0.15) is 0 Å². The maximum absolute atomic E-state index is 6.24. The zero-order valence-corrected chi connectivity index (χ0v) is 14.5. The molecule has 0 bridgehead atoms. The Bertz CT molecular complexity index is 651. The average molecular weight is 306 g/mol. The van der Waals surface area contributed by atoms with Gasteiger partial charge in [0.05, 0.1) is 22.1 Å². The highest BCUT2D eigenvalue weighted by Gasteiger charge is 2.13. The van der Waals surface area contributed by atoms with Crippen LogP contribution >= 0.6 is 11.6 Å². The number of nitrogens with one attached hydrogen (secondary N) is 1. The Morgan fingerprint density at radius 2 is 1.86 bits per heavy atom. The third-order valence-corrected chi connectivity index (χ3v) is 4.06.